The standard InChI is InChI=1S/C15H14N4/c1-17-11-3-5-12(6-4-11)19-15-7-2-10(9-18-15)13-8-14(13)16/h2-7,9,13-14H,8,16H2,(H,18,19)/t13-,14+/m1/s1. The summed E-state index contributed by atoms with van der Waals surface area (Å²) in [5, 5.41) is 3.21. The van der Waals surface area contributed by atoms with E-state index in [-0.39, 0.29) is 0 Å². The quantitative estimate of drug-likeness (QED) is 0.822. The molecule has 0 spiro atoms. The van der Waals surface area contributed by atoms with Gasteiger partial charge in [-0.1, -0.05) is 18.2 Å². The third-order valence-electron chi connectivity index (χ3n) is 3.32. The molecule has 1 heterocycles. The van der Waals surface area contributed by atoms with E-state index in [4.69, 9.17) is 12.3 Å². The Morgan fingerprint density at radius 2 is 1.95 bits per heavy atom. The van der Waals surface area contributed by atoms with Crippen LogP contribution < -0.4 is 11.1 Å². The van der Waals surface area contributed by atoms with Gasteiger partial charge >= 0.3 is 0 Å². The lowest BCUT2D eigenvalue weighted by molar-refractivity contribution is 0.981. The van der Waals surface area contributed by atoms with Crippen molar-refractivity contribution in [3.8, 4) is 0 Å². The SMILES string of the molecule is [C-]#[N+]c1ccc(Nc2ccc([C@H]3C[C@@H]3N)cn2)cc1. The second kappa shape index (κ2) is 4.71. The maximum Gasteiger partial charge on any atom is 0.187 e. The molecule has 1 aromatic heterocycles. The first-order chi connectivity index (χ1) is 9.26. The van der Waals surface area contributed by atoms with Gasteiger partial charge in [-0.2, -0.15) is 0 Å². The Morgan fingerprint density at radius 3 is 2.47 bits per heavy atom. The third-order valence-corrected chi connectivity index (χ3v) is 3.32. The average Bonchev–Trinajstić information content (AvgIpc) is 3.18. The molecule has 4 heteroatoms. The Kier molecular flexibility index (Phi) is 2.90. The first-order valence-corrected chi connectivity index (χ1v) is 6.22. The van der Waals surface area contributed by atoms with Crippen molar-refractivity contribution in [2.45, 2.75) is 18.4 Å². The van der Waals surface area contributed by atoms with Crippen LogP contribution in [0.1, 0.15) is 17.9 Å². The molecule has 0 saturated heterocycles. The minimum absolute atomic E-state index is 0.307. The smallest absolute Gasteiger partial charge is 0.187 e. The van der Waals surface area contributed by atoms with Crippen molar-refractivity contribution in [1.82, 2.24) is 4.98 Å². The van der Waals surface area contributed by atoms with Gasteiger partial charge in [0, 0.05) is 23.8 Å². The van der Waals surface area contributed by atoms with Crippen LogP contribution in [0.5, 0.6) is 0 Å². The molecule has 1 aliphatic rings. The number of nitrogens with zero attached hydrogens (tertiary/aromatic N) is 2. The number of pyridine rings is 1. The van der Waals surface area contributed by atoms with Crippen LogP contribution >= 0.6 is 0 Å². The van der Waals surface area contributed by atoms with Crippen molar-refractivity contribution in [2.75, 3.05) is 5.32 Å². The fourth-order valence-corrected chi connectivity index (χ4v) is 2.06. The van der Waals surface area contributed by atoms with Crippen molar-refractivity contribution < 1.29 is 0 Å². The zero-order valence-electron chi connectivity index (χ0n) is 10.4. The summed E-state index contributed by atoms with van der Waals surface area (Å²) in [5.74, 6) is 1.29. The van der Waals surface area contributed by atoms with Crippen LogP contribution in [0.3, 0.4) is 0 Å². The van der Waals surface area contributed by atoms with Crippen LogP contribution in [-0.2, 0) is 0 Å². The molecule has 19 heavy (non-hydrogen) atoms. The van der Waals surface area contributed by atoms with E-state index in [0.717, 1.165) is 17.9 Å². The van der Waals surface area contributed by atoms with E-state index in [9.17, 15) is 0 Å². The van der Waals surface area contributed by atoms with Gasteiger partial charge in [-0.05, 0) is 30.2 Å². The Bertz CT molecular complexity index is 610. The number of nitrogens with two attached hydrogens (primary N) is 1. The predicted octanol–water partition coefficient (Wildman–Crippen LogP) is 3.19. The van der Waals surface area contributed by atoms with E-state index in [2.05, 4.69) is 21.2 Å². The lowest BCUT2D eigenvalue weighted by Crippen LogP contribution is -2.01. The summed E-state index contributed by atoms with van der Waals surface area (Å²) in [5.41, 5.74) is 8.59. The number of rotatable bonds is 3. The Hall–Kier alpha value is -2.38. The molecule has 1 saturated carbocycles. The van der Waals surface area contributed by atoms with Gasteiger partial charge in [0.15, 0.2) is 5.69 Å². The second-order valence-electron chi connectivity index (χ2n) is 4.77. The van der Waals surface area contributed by atoms with E-state index in [0.29, 0.717) is 17.6 Å². The van der Waals surface area contributed by atoms with Gasteiger partial charge in [0.05, 0.1) is 6.57 Å². The third kappa shape index (κ3) is 2.56. The molecule has 0 bridgehead atoms. The molecule has 2 aromatic rings. The lowest BCUT2D eigenvalue weighted by Gasteiger charge is -2.06. The molecule has 1 aromatic carbocycles. The van der Waals surface area contributed by atoms with Crippen molar-refractivity contribution in [3.05, 3.63) is 59.6 Å². The maximum absolute atomic E-state index is 6.90. The minimum Gasteiger partial charge on any atom is -0.340 e. The summed E-state index contributed by atoms with van der Waals surface area (Å²) in [6.07, 6.45) is 2.94. The van der Waals surface area contributed by atoms with E-state index < -0.39 is 0 Å². The number of anilines is 2. The summed E-state index contributed by atoms with van der Waals surface area (Å²) in [4.78, 5) is 7.74. The van der Waals surface area contributed by atoms with E-state index >= 15 is 0 Å². The van der Waals surface area contributed by atoms with Crippen LogP contribution in [0, 0.1) is 6.57 Å². The Labute approximate surface area is 112 Å². The average molecular weight is 250 g/mol. The summed E-state index contributed by atoms with van der Waals surface area (Å²) in [6, 6.07) is 11.7. The number of nitrogens with one attached hydrogen (secondary N) is 1. The fraction of sp³-hybridized carbons (Fsp3) is 0.200. The number of hydrogen-bond acceptors (Lipinski definition) is 3. The monoisotopic (exact) mass is 250 g/mol. The van der Waals surface area contributed by atoms with Crippen LogP contribution in [0.4, 0.5) is 17.2 Å². The van der Waals surface area contributed by atoms with Gasteiger partial charge in [0.25, 0.3) is 0 Å². The Morgan fingerprint density at radius 1 is 1.21 bits per heavy atom. The minimum atomic E-state index is 0.307. The number of aromatic nitrogens is 1. The van der Waals surface area contributed by atoms with Gasteiger partial charge in [0.1, 0.15) is 5.82 Å². The molecule has 3 N–H and O–H groups in total. The molecule has 0 amide bonds. The molecule has 1 fully saturated rings. The lowest BCUT2D eigenvalue weighted by atomic mass is 10.2. The maximum atomic E-state index is 6.90. The first kappa shape index (κ1) is 11.7. The van der Waals surface area contributed by atoms with E-state index in [1.807, 2.05) is 24.4 Å². The largest absolute Gasteiger partial charge is 0.340 e. The topological polar surface area (TPSA) is 55.3 Å². The number of hydrogen-bond donors (Lipinski definition) is 2. The second-order valence-corrected chi connectivity index (χ2v) is 4.77. The van der Waals surface area contributed by atoms with Gasteiger partial charge in [-0.25, -0.2) is 9.83 Å². The summed E-state index contributed by atoms with van der Waals surface area (Å²) >= 11 is 0. The molecule has 1 aliphatic carbocycles. The van der Waals surface area contributed by atoms with Crippen molar-refractivity contribution in [3.63, 3.8) is 0 Å². The van der Waals surface area contributed by atoms with Crippen LogP contribution in [0.2, 0.25) is 0 Å². The molecule has 0 radical (unpaired) electrons. The fourth-order valence-electron chi connectivity index (χ4n) is 2.06. The molecule has 2 atom stereocenters. The summed E-state index contributed by atoms with van der Waals surface area (Å²) < 4.78 is 0. The molecular formula is C15H14N4. The van der Waals surface area contributed by atoms with Gasteiger partial charge in [0.2, 0.25) is 0 Å². The highest BCUT2D eigenvalue weighted by Gasteiger charge is 2.34. The normalized spacial score (nSPS) is 20.6. The molecule has 0 unspecified atom stereocenters. The van der Waals surface area contributed by atoms with Crippen molar-refractivity contribution >= 4 is 17.2 Å². The Balaban J connectivity index is 1.70. The van der Waals surface area contributed by atoms with Crippen LogP contribution in [-0.4, -0.2) is 11.0 Å². The molecule has 0 aliphatic heterocycles. The molecule has 94 valence electrons. The molecule has 4 nitrogen and oxygen atoms in total. The highest BCUT2D eigenvalue weighted by molar-refractivity contribution is 5.60. The van der Waals surface area contributed by atoms with Crippen molar-refractivity contribution in [1.29, 1.82) is 0 Å². The van der Waals surface area contributed by atoms with E-state index in [1.54, 1.807) is 12.1 Å². The van der Waals surface area contributed by atoms with Gasteiger partial charge in [-0.3, -0.25) is 0 Å². The highest BCUT2D eigenvalue weighted by atomic mass is 15.0. The van der Waals surface area contributed by atoms with Gasteiger partial charge < -0.3 is 11.1 Å². The zero-order valence-corrected chi connectivity index (χ0v) is 10.4. The molecule has 3 rings (SSSR count). The predicted molar refractivity (Wildman–Crippen MR) is 75.6 cm³/mol. The molecular weight excluding hydrogens is 236 g/mol. The van der Waals surface area contributed by atoms with Crippen molar-refractivity contribution in [2.24, 2.45) is 5.73 Å². The van der Waals surface area contributed by atoms with Gasteiger partial charge in [-0.15, -0.1) is 0 Å². The van der Waals surface area contributed by atoms with Crippen LogP contribution in [0.15, 0.2) is 42.6 Å². The zero-order chi connectivity index (χ0) is 13.2. The summed E-state index contributed by atoms with van der Waals surface area (Å²) in [7, 11) is 0. The summed E-state index contributed by atoms with van der Waals surface area (Å²) in [6.45, 7) is 6.90. The van der Waals surface area contributed by atoms with Crippen LogP contribution in [0.25, 0.3) is 4.85 Å². The highest BCUT2D eigenvalue weighted by Crippen LogP contribution is 2.38. The van der Waals surface area contributed by atoms with E-state index in [1.165, 1.54) is 5.56 Å². The first-order valence-electron chi connectivity index (χ1n) is 6.22. The number of benzene rings is 1.